The summed E-state index contributed by atoms with van der Waals surface area (Å²) in [7, 11) is 0. The minimum atomic E-state index is 0.880. The molecular formula is C8H18. The van der Waals surface area contributed by atoms with Gasteiger partial charge in [-0.1, -0.05) is 34.1 Å². The van der Waals surface area contributed by atoms with Crippen molar-refractivity contribution in [2.75, 3.05) is 0 Å². The molecule has 0 aliphatic carbocycles. The third-order valence-electron chi connectivity index (χ3n) is 1.57. The van der Waals surface area contributed by atoms with Crippen molar-refractivity contribution >= 4 is 0 Å². The molecule has 0 saturated heterocycles. The van der Waals surface area contributed by atoms with Crippen LogP contribution in [0.2, 0.25) is 0 Å². The summed E-state index contributed by atoms with van der Waals surface area (Å²) >= 11 is 0. The molecule has 0 aromatic rings. The lowest BCUT2D eigenvalue weighted by atomic mass is 9.97. The Bertz CT molecular complexity index is 46.0. The topological polar surface area (TPSA) is 0 Å². The van der Waals surface area contributed by atoms with Crippen LogP contribution in [0.1, 0.15) is 40.5 Å². The second kappa shape index (κ2) is 3.94. The zero-order valence-corrected chi connectivity index (χ0v) is 6.57. The van der Waals surface area contributed by atoms with Crippen LogP contribution in [0.4, 0.5) is 0 Å². The van der Waals surface area contributed by atoms with E-state index in [0.29, 0.717) is 0 Å². The van der Waals surface area contributed by atoms with Gasteiger partial charge in [0.25, 0.3) is 0 Å². The van der Waals surface area contributed by atoms with E-state index in [2.05, 4.69) is 27.7 Å². The highest BCUT2D eigenvalue weighted by Crippen LogP contribution is 2.12. The molecule has 0 amide bonds. The van der Waals surface area contributed by atoms with Crippen LogP contribution in [-0.4, -0.2) is 0 Å². The fraction of sp³-hybridized carbons (Fsp3) is 1.00. The minimum Gasteiger partial charge on any atom is -0.0651 e. The summed E-state index contributed by atoms with van der Waals surface area (Å²) in [5, 5.41) is 0. The summed E-state index contributed by atoms with van der Waals surface area (Å²) in [5.74, 6) is 1.81. The van der Waals surface area contributed by atoms with E-state index < -0.39 is 0 Å². The molecule has 50 valence electrons. The first-order chi connectivity index (χ1) is 3.66. The number of rotatable bonds is 3. The van der Waals surface area contributed by atoms with Crippen LogP contribution in [0.5, 0.6) is 0 Å². The monoisotopic (exact) mass is 114 g/mol. The average Bonchev–Trinajstić information content (AvgIpc) is 1.65. The van der Waals surface area contributed by atoms with Gasteiger partial charge in [-0.15, -0.1) is 0 Å². The van der Waals surface area contributed by atoms with Crippen LogP contribution in [0, 0.1) is 11.8 Å². The number of hydrogen-bond acceptors (Lipinski definition) is 0. The SMILES string of the molecule is CC[C@@H](C)CC(C)C. The van der Waals surface area contributed by atoms with Crippen molar-refractivity contribution in [1.29, 1.82) is 0 Å². The molecule has 0 spiro atoms. The van der Waals surface area contributed by atoms with Crippen LogP contribution >= 0.6 is 0 Å². The predicted octanol–water partition coefficient (Wildman–Crippen LogP) is 3.08. The molecule has 1 atom stereocenters. The van der Waals surface area contributed by atoms with Crippen LogP contribution in [-0.2, 0) is 0 Å². The smallest absolute Gasteiger partial charge is 0.0443 e. The lowest BCUT2D eigenvalue weighted by molar-refractivity contribution is 0.429. The lowest BCUT2D eigenvalue weighted by Crippen LogP contribution is -1.97. The fourth-order valence-corrected chi connectivity index (χ4v) is 0.971. The van der Waals surface area contributed by atoms with E-state index in [1.807, 2.05) is 0 Å². The maximum Gasteiger partial charge on any atom is -0.0443 e. The Morgan fingerprint density at radius 2 is 1.62 bits per heavy atom. The standard InChI is InChI=1S/C8H18/c1-5-8(4)6-7(2)3/h7-8H,5-6H2,1-4H3/t8-/m1/s1. The zero-order chi connectivity index (χ0) is 6.57. The highest BCUT2D eigenvalue weighted by Gasteiger charge is 2.00. The first-order valence-corrected chi connectivity index (χ1v) is 3.66. The highest BCUT2D eigenvalue weighted by atomic mass is 14.1. The van der Waals surface area contributed by atoms with Gasteiger partial charge in [0.15, 0.2) is 0 Å². The summed E-state index contributed by atoms with van der Waals surface area (Å²) in [6.07, 6.45) is 2.72. The van der Waals surface area contributed by atoms with Gasteiger partial charge in [0.1, 0.15) is 0 Å². The first-order valence-electron chi connectivity index (χ1n) is 3.66. The zero-order valence-electron chi connectivity index (χ0n) is 6.57. The first kappa shape index (κ1) is 8.00. The van der Waals surface area contributed by atoms with Crippen molar-refractivity contribution in [2.24, 2.45) is 11.8 Å². The van der Waals surface area contributed by atoms with Gasteiger partial charge in [-0.25, -0.2) is 0 Å². The Labute approximate surface area is 53.3 Å². The van der Waals surface area contributed by atoms with Gasteiger partial charge in [0.05, 0.1) is 0 Å². The molecule has 8 heavy (non-hydrogen) atoms. The van der Waals surface area contributed by atoms with Crippen LogP contribution < -0.4 is 0 Å². The van der Waals surface area contributed by atoms with E-state index in [0.717, 1.165) is 11.8 Å². The molecule has 0 heterocycles. The molecule has 0 heteroatoms. The predicted molar refractivity (Wildman–Crippen MR) is 38.9 cm³/mol. The molecule has 0 aliphatic heterocycles. The van der Waals surface area contributed by atoms with Gasteiger partial charge in [-0.05, 0) is 18.3 Å². The molecule has 0 radical (unpaired) electrons. The molecular weight excluding hydrogens is 96.1 g/mol. The Morgan fingerprint density at radius 3 is 1.75 bits per heavy atom. The fourth-order valence-electron chi connectivity index (χ4n) is 0.971. The van der Waals surface area contributed by atoms with Crippen LogP contribution in [0.15, 0.2) is 0 Å². The van der Waals surface area contributed by atoms with E-state index in [9.17, 15) is 0 Å². The summed E-state index contributed by atoms with van der Waals surface area (Å²) in [6.45, 7) is 9.14. The quantitative estimate of drug-likeness (QED) is 0.529. The van der Waals surface area contributed by atoms with Gasteiger partial charge in [0, 0.05) is 0 Å². The van der Waals surface area contributed by atoms with Crippen molar-refractivity contribution in [3.05, 3.63) is 0 Å². The summed E-state index contributed by atoms with van der Waals surface area (Å²) < 4.78 is 0. The molecule has 0 bridgehead atoms. The van der Waals surface area contributed by atoms with E-state index in [1.54, 1.807) is 0 Å². The van der Waals surface area contributed by atoms with Crippen LogP contribution in [0.3, 0.4) is 0 Å². The maximum absolute atomic E-state index is 2.32. The third-order valence-corrected chi connectivity index (χ3v) is 1.57. The summed E-state index contributed by atoms with van der Waals surface area (Å²) in [4.78, 5) is 0. The molecule has 0 aromatic heterocycles. The number of hydrogen-bond donors (Lipinski definition) is 0. The molecule has 0 aromatic carbocycles. The molecule has 0 fully saturated rings. The van der Waals surface area contributed by atoms with Gasteiger partial charge in [-0.3, -0.25) is 0 Å². The van der Waals surface area contributed by atoms with Gasteiger partial charge < -0.3 is 0 Å². The average molecular weight is 114 g/mol. The Hall–Kier alpha value is 0. The maximum atomic E-state index is 2.32. The van der Waals surface area contributed by atoms with Crippen molar-refractivity contribution in [3.63, 3.8) is 0 Å². The normalized spacial score (nSPS) is 14.6. The minimum absolute atomic E-state index is 0.880. The molecule has 0 nitrogen and oxygen atoms in total. The Morgan fingerprint density at radius 1 is 1.12 bits per heavy atom. The van der Waals surface area contributed by atoms with Crippen molar-refractivity contribution < 1.29 is 0 Å². The van der Waals surface area contributed by atoms with Crippen LogP contribution in [0.25, 0.3) is 0 Å². The van der Waals surface area contributed by atoms with Gasteiger partial charge in [0.2, 0.25) is 0 Å². The lowest BCUT2D eigenvalue weighted by Gasteiger charge is -2.09. The van der Waals surface area contributed by atoms with Crippen molar-refractivity contribution in [3.8, 4) is 0 Å². The van der Waals surface area contributed by atoms with E-state index in [1.165, 1.54) is 12.8 Å². The second-order valence-electron chi connectivity index (χ2n) is 3.14. The Balaban J connectivity index is 3.10. The molecule has 0 unspecified atom stereocenters. The molecule has 0 saturated carbocycles. The summed E-state index contributed by atoms with van der Waals surface area (Å²) in [5.41, 5.74) is 0. The molecule has 0 rings (SSSR count). The van der Waals surface area contributed by atoms with Gasteiger partial charge in [-0.2, -0.15) is 0 Å². The molecule has 0 N–H and O–H groups in total. The third kappa shape index (κ3) is 4.17. The van der Waals surface area contributed by atoms with Gasteiger partial charge >= 0.3 is 0 Å². The van der Waals surface area contributed by atoms with E-state index in [-0.39, 0.29) is 0 Å². The van der Waals surface area contributed by atoms with E-state index >= 15 is 0 Å². The van der Waals surface area contributed by atoms with Crippen molar-refractivity contribution in [1.82, 2.24) is 0 Å². The molecule has 0 aliphatic rings. The summed E-state index contributed by atoms with van der Waals surface area (Å²) in [6, 6.07) is 0. The highest BCUT2D eigenvalue weighted by molar-refractivity contribution is 4.52. The largest absolute Gasteiger partial charge is 0.0651 e. The van der Waals surface area contributed by atoms with E-state index in [4.69, 9.17) is 0 Å². The Kier molecular flexibility index (Phi) is 3.94. The second-order valence-corrected chi connectivity index (χ2v) is 3.14. The van der Waals surface area contributed by atoms with Crippen molar-refractivity contribution in [2.45, 2.75) is 40.5 Å².